The molecular weight excluding hydrogens is 590 g/mol. The minimum Gasteiger partial charge on any atom is -0.508 e. The van der Waals surface area contributed by atoms with Gasteiger partial charge in [-0.2, -0.15) is 0 Å². The molecule has 12 nitrogen and oxygen atoms in total. The molecule has 252 valence electrons. The summed E-state index contributed by atoms with van der Waals surface area (Å²) in [6.45, 7) is 9.95. The highest BCUT2D eigenvalue weighted by molar-refractivity contribution is 5.94. The first kappa shape index (κ1) is 36.5. The van der Waals surface area contributed by atoms with Gasteiger partial charge < -0.3 is 30.5 Å². The van der Waals surface area contributed by atoms with Crippen LogP contribution in [-0.4, -0.2) is 91.4 Å². The van der Waals surface area contributed by atoms with Gasteiger partial charge >= 0.3 is 0 Å². The average molecular weight is 640 g/mol. The summed E-state index contributed by atoms with van der Waals surface area (Å²) in [5.74, 6) is -2.61. The molecule has 4 amide bonds. The van der Waals surface area contributed by atoms with Crippen LogP contribution in [0.1, 0.15) is 45.6 Å². The number of nitrogens with one attached hydrogen (secondary N) is 4. The van der Waals surface area contributed by atoms with E-state index in [0.29, 0.717) is 43.5 Å². The Labute approximate surface area is 271 Å². The lowest BCUT2D eigenvalue weighted by Crippen LogP contribution is -2.62. The number of nitrogens with zero attached hydrogens (tertiary/aromatic N) is 1. The molecule has 0 unspecified atom stereocenters. The Balaban J connectivity index is 1.96. The van der Waals surface area contributed by atoms with Crippen molar-refractivity contribution in [2.24, 2.45) is 11.8 Å². The van der Waals surface area contributed by atoms with Crippen molar-refractivity contribution in [3.63, 3.8) is 0 Å². The maximum Gasteiger partial charge on any atom is 0.259 e. The van der Waals surface area contributed by atoms with Crippen molar-refractivity contribution in [3.05, 3.63) is 66.3 Å². The molecule has 1 saturated heterocycles. The minimum absolute atomic E-state index is 0.0200. The number of phenolic OH excluding ortho intramolecular Hbond substituents is 1. The number of methoxy groups -OCH3 is 2. The Morgan fingerprint density at radius 3 is 2.48 bits per heavy atom. The molecule has 1 aromatic carbocycles. The lowest BCUT2D eigenvalue weighted by Gasteiger charge is -2.36. The second-order valence-electron chi connectivity index (χ2n) is 12.0. The van der Waals surface area contributed by atoms with Gasteiger partial charge in [0.25, 0.3) is 5.91 Å². The van der Waals surface area contributed by atoms with E-state index in [1.807, 2.05) is 31.2 Å². The van der Waals surface area contributed by atoms with E-state index >= 15 is 0 Å². The molecule has 2 bridgehead atoms. The van der Waals surface area contributed by atoms with Crippen LogP contribution in [0.15, 0.2) is 60.7 Å². The Bertz CT molecular complexity index is 1300. The van der Waals surface area contributed by atoms with Gasteiger partial charge in [0.1, 0.15) is 23.9 Å². The van der Waals surface area contributed by atoms with Gasteiger partial charge in [-0.1, -0.05) is 56.9 Å². The van der Waals surface area contributed by atoms with Crippen molar-refractivity contribution in [2.75, 3.05) is 27.3 Å². The molecule has 2 aliphatic rings. The Hall–Kier alpha value is -4.00. The summed E-state index contributed by atoms with van der Waals surface area (Å²) in [5.41, 5.74) is 4.02. The molecule has 46 heavy (non-hydrogen) atoms. The van der Waals surface area contributed by atoms with Crippen LogP contribution in [0.25, 0.3) is 0 Å². The number of phenols is 1. The first-order chi connectivity index (χ1) is 22.0. The summed E-state index contributed by atoms with van der Waals surface area (Å²) >= 11 is 0. The van der Waals surface area contributed by atoms with Crippen LogP contribution < -0.4 is 21.4 Å². The highest BCUT2D eigenvalue weighted by atomic mass is 16.5. The van der Waals surface area contributed by atoms with E-state index < -0.39 is 47.9 Å². The number of hydrogen-bond acceptors (Lipinski definition) is 8. The zero-order chi connectivity index (χ0) is 33.8. The van der Waals surface area contributed by atoms with E-state index in [1.54, 1.807) is 33.1 Å². The number of carbonyl (C=O) groups excluding carboxylic acids is 4. The largest absolute Gasteiger partial charge is 0.508 e. The Kier molecular flexibility index (Phi) is 14.0. The Morgan fingerprint density at radius 2 is 1.80 bits per heavy atom. The monoisotopic (exact) mass is 639 g/mol. The molecule has 3 rings (SSSR count). The van der Waals surface area contributed by atoms with Crippen LogP contribution in [0.2, 0.25) is 0 Å². The molecule has 0 spiro atoms. The first-order valence-electron chi connectivity index (χ1n) is 15.7. The molecule has 2 heterocycles. The molecule has 5 N–H and O–H groups in total. The summed E-state index contributed by atoms with van der Waals surface area (Å²) in [5, 5.41) is 19.9. The van der Waals surface area contributed by atoms with Crippen LogP contribution in [0.5, 0.6) is 5.75 Å². The van der Waals surface area contributed by atoms with Crippen molar-refractivity contribution < 1.29 is 33.8 Å². The summed E-state index contributed by atoms with van der Waals surface area (Å²) in [6, 6.07) is 3.57. The summed E-state index contributed by atoms with van der Waals surface area (Å²) in [6.07, 6.45) is 8.40. The quantitative estimate of drug-likeness (QED) is 0.306. The van der Waals surface area contributed by atoms with Crippen molar-refractivity contribution in [3.8, 4) is 5.75 Å². The number of allylic oxidation sites excluding steroid dienone is 2. The topological polar surface area (TPSA) is 158 Å². The number of fused-ring (bicyclic) bond motifs is 2. The number of carbonyl (C=O) groups is 4. The number of ether oxygens (including phenoxy) is 2. The lowest BCUT2D eigenvalue weighted by molar-refractivity contribution is -0.143. The highest BCUT2D eigenvalue weighted by Crippen LogP contribution is 2.23. The first-order valence-corrected chi connectivity index (χ1v) is 15.7. The standard InChI is InChI=1S/C34H49N5O7/c1-21(2)29-33(43)36-27(20-24-13-11-14-25(40)19-24)34(44)39-18-12-15-26(38-39)32(42)35-17-10-8-7-9-16-28(45-5)22(3)30(46-6)23(4)31(41)37-29/h7-9,11,13-14,16,19,22-23,26-30,38,40H,1,10,12,15,17-18,20H2,2-6H3,(H,35,42)(H,36,43)(H,37,41)/b8-7+,16-9?/t22-,23+,26-,27-,28-,29-,30+/m0/s1. The third-order valence-electron chi connectivity index (χ3n) is 8.42. The summed E-state index contributed by atoms with van der Waals surface area (Å²) in [7, 11) is 3.11. The molecule has 2 aliphatic heterocycles. The number of hydrazine groups is 1. The van der Waals surface area contributed by atoms with Crippen LogP contribution >= 0.6 is 0 Å². The van der Waals surface area contributed by atoms with Gasteiger partial charge in [-0.05, 0) is 49.5 Å². The predicted octanol–water partition coefficient (Wildman–Crippen LogP) is 1.91. The molecule has 0 saturated carbocycles. The number of rotatable bonds is 5. The average Bonchev–Trinajstić information content (AvgIpc) is 3.03. The number of aromatic hydroxyl groups is 1. The van der Waals surface area contributed by atoms with E-state index in [9.17, 15) is 24.3 Å². The van der Waals surface area contributed by atoms with Crippen molar-refractivity contribution >= 4 is 23.6 Å². The molecule has 12 heteroatoms. The molecular formula is C34H49N5O7. The molecule has 0 aromatic heterocycles. The van der Waals surface area contributed by atoms with E-state index in [2.05, 4.69) is 28.0 Å². The Morgan fingerprint density at radius 1 is 1.04 bits per heavy atom. The fourth-order valence-corrected chi connectivity index (χ4v) is 5.81. The van der Waals surface area contributed by atoms with Gasteiger partial charge in [0.05, 0.1) is 18.1 Å². The molecule has 7 atom stereocenters. The second-order valence-corrected chi connectivity index (χ2v) is 12.0. The second kappa shape index (κ2) is 17.6. The van der Waals surface area contributed by atoms with Crippen molar-refractivity contribution in [1.82, 2.24) is 26.4 Å². The van der Waals surface area contributed by atoms with E-state index in [1.165, 1.54) is 24.3 Å². The predicted molar refractivity (Wildman–Crippen MR) is 174 cm³/mol. The molecule has 1 aromatic rings. The van der Waals surface area contributed by atoms with Gasteiger partial charge in [-0.25, -0.2) is 5.43 Å². The van der Waals surface area contributed by atoms with Crippen LogP contribution in [0, 0.1) is 11.8 Å². The number of benzene rings is 1. The van der Waals surface area contributed by atoms with Crippen molar-refractivity contribution in [2.45, 2.75) is 76.8 Å². The van der Waals surface area contributed by atoms with E-state index in [-0.39, 0.29) is 30.1 Å². The fraction of sp³-hybridized carbons (Fsp3) is 0.529. The summed E-state index contributed by atoms with van der Waals surface area (Å²) < 4.78 is 11.5. The third-order valence-corrected chi connectivity index (χ3v) is 8.42. The van der Waals surface area contributed by atoms with Gasteiger partial charge in [0, 0.05) is 39.6 Å². The molecule has 0 aliphatic carbocycles. The number of amides is 4. The van der Waals surface area contributed by atoms with Crippen LogP contribution in [0.4, 0.5) is 0 Å². The van der Waals surface area contributed by atoms with Crippen LogP contribution in [-0.2, 0) is 35.1 Å². The molecule has 1 fully saturated rings. The fourth-order valence-electron chi connectivity index (χ4n) is 5.81. The summed E-state index contributed by atoms with van der Waals surface area (Å²) in [4.78, 5) is 54.2. The maximum absolute atomic E-state index is 13.9. The third kappa shape index (κ3) is 10.0. The van der Waals surface area contributed by atoms with Crippen molar-refractivity contribution in [1.29, 1.82) is 0 Å². The van der Waals surface area contributed by atoms with Gasteiger partial charge in [0.15, 0.2) is 0 Å². The zero-order valence-corrected chi connectivity index (χ0v) is 27.5. The lowest BCUT2D eigenvalue weighted by atomic mass is 9.88. The number of hydrogen-bond donors (Lipinski definition) is 5. The van der Waals surface area contributed by atoms with Gasteiger partial charge in [-0.3, -0.25) is 24.2 Å². The van der Waals surface area contributed by atoms with Gasteiger partial charge in [-0.15, -0.1) is 0 Å². The van der Waals surface area contributed by atoms with E-state index in [4.69, 9.17) is 9.47 Å². The highest BCUT2D eigenvalue weighted by Gasteiger charge is 2.37. The van der Waals surface area contributed by atoms with Gasteiger partial charge in [0.2, 0.25) is 17.7 Å². The van der Waals surface area contributed by atoms with Crippen LogP contribution in [0.3, 0.4) is 0 Å². The zero-order valence-electron chi connectivity index (χ0n) is 27.5. The smallest absolute Gasteiger partial charge is 0.259 e. The van der Waals surface area contributed by atoms with E-state index in [0.717, 1.165) is 0 Å². The minimum atomic E-state index is -1.14. The maximum atomic E-state index is 13.9. The molecule has 0 radical (unpaired) electrons. The normalized spacial score (nSPS) is 29.8. The SMILES string of the molecule is C=C(C)[C@@H]1NC(=O)[C@H](C)[C@H](OC)[C@@H](C)[C@@H](OC)C=C/C=C/CCNC(=O)[C@@H]2CCCN(N2)C(=O)[C@H](Cc2cccc(O)c2)NC1=O.